The number of imidazole rings is 1. The van der Waals surface area contributed by atoms with Gasteiger partial charge >= 0.3 is 0 Å². The van der Waals surface area contributed by atoms with Gasteiger partial charge in [-0.2, -0.15) is 0 Å². The van der Waals surface area contributed by atoms with E-state index in [1.165, 1.54) is 17.0 Å². The molecule has 0 atom stereocenters. The molecule has 4 nitrogen and oxygen atoms in total. The molecule has 1 heterocycles. The lowest BCUT2D eigenvalue weighted by Crippen LogP contribution is -2.10. The molecule has 2 rings (SSSR count). The molecule has 0 saturated carbocycles. The van der Waals surface area contributed by atoms with Gasteiger partial charge in [0.1, 0.15) is 0 Å². The number of hydrogen-bond acceptors (Lipinski definition) is 3. The van der Waals surface area contributed by atoms with Crippen molar-refractivity contribution in [3.05, 3.63) is 42.0 Å². The van der Waals surface area contributed by atoms with Crippen molar-refractivity contribution in [2.75, 3.05) is 25.6 Å². The van der Waals surface area contributed by atoms with Crippen LogP contribution in [0.2, 0.25) is 0 Å². The van der Waals surface area contributed by atoms with Crippen LogP contribution in [0.5, 0.6) is 0 Å². The minimum atomic E-state index is -1.50. The number of halogens is 3. The van der Waals surface area contributed by atoms with Gasteiger partial charge in [-0.1, -0.05) is 0 Å². The van der Waals surface area contributed by atoms with Crippen molar-refractivity contribution in [2.45, 2.75) is 6.42 Å². The van der Waals surface area contributed by atoms with Crippen LogP contribution in [0.4, 0.5) is 19.1 Å². The fourth-order valence-corrected chi connectivity index (χ4v) is 1.75. The molecule has 20 heavy (non-hydrogen) atoms. The van der Waals surface area contributed by atoms with E-state index in [-0.39, 0.29) is 5.69 Å². The topological polar surface area (TPSA) is 39.1 Å². The average Bonchev–Trinajstić information content (AvgIpc) is 2.89. The van der Waals surface area contributed by atoms with E-state index in [4.69, 9.17) is 4.74 Å². The first-order chi connectivity index (χ1) is 9.65. The quantitative estimate of drug-likeness (QED) is 0.655. The van der Waals surface area contributed by atoms with Crippen molar-refractivity contribution >= 4 is 5.95 Å². The summed E-state index contributed by atoms with van der Waals surface area (Å²) in [5, 5.41) is 2.98. The first-order valence-electron chi connectivity index (χ1n) is 6.05. The number of ether oxygens (including phenoxy) is 1. The van der Waals surface area contributed by atoms with E-state index in [0.717, 1.165) is 18.6 Å². The zero-order valence-corrected chi connectivity index (χ0v) is 10.9. The predicted molar refractivity (Wildman–Crippen MR) is 68.4 cm³/mol. The maximum Gasteiger partial charge on any atom is 0.207 e. The van der Waals surface area contributed by atoms with Crippen molar-refractivity contribution in [1.82, 2.24) is 9.55 Å². The summed E-state index contributed by atoms with van der Waals surface area (Å²) in [6.45, 7) is 1.14. The Kier molecular flexibility index (Phi) is 4.62. The van der Waals surface area contributed by atoms with Crippen LogP contribution in [0.25, 0.3) is 5.69 Å². The van der Waals surface area contributed by atoms with Crippen LogP contribution >= 0.6 is 0 Å². The van der Waals surface area contributed by atoms with Gasteiger partial charge in [0.25, 0.3) is 0 Å². The van der Waals surface area contributed by atoms with Gasteiger partial charge in [-0.3, -0.25) is 4.57 Å². The molecule has 0 bridgehead atoms. The molecule has 7 heteroatoms. The molecule has 1 aromatic carbocycles. The Morgan fingerprint density at radius 2 is 2.05 bits per heavy atom. The number of methoxy groups -OCH3 is 1. The third-order valence-electron chi connectivity index (χ3n) is 2.72. The largest absolute Gasteiger partial charge is 0.385 e. The summed E-state index contributed by atoms with van der Waals surface area (Å²) in [7, 11) is 1.59. The number of nitrogens with zero attached hydrogens (tertiary/aromatic N) is 2. The second-order valence-corrected chi connectivity index (χ2v) is 4.09. The number of rotatable bonds is 6. The van der Waals surface area contributed by atoms with Gasteiger partial charge in [0, 0.05) is 32.7 Å². The molecule has 0 saturated heterocycles. The maximum atomic E-state index is 13.7. The lowest BCUT2D eigenvalue weighted by Gasteiger charge is -2.11. The Morgan fingerprint density at radius 1 is 1.25 bits per heavy atom. The van der Waals surface area contributed by atoms with Crippen molar-refractivity contribution in [3.8, 4) is 5.69 Å². The maximum absolute atomic E-state index is 13.7. The van der Waals surface area contributed by atoms with E-state index in [0.29, 0.717) is 19.1 Å². The molecule has 0 amide bonds. The van der Waals surface area contributed by atoms with Crippen molar-refractivity contribution < 1.29 is 17.9 Å². The van der Waals surface area contributed by atoms with Gasteiger partial charge in [-0.25, -0.2) is 18.2 Å². The second-order valence-electron chi connectivity index (χ2n) is 4.09. The molecule has 0 radical (unpaired) electrons. The molecule has 108 valence electrons. The molecular formula is C13H14F3N3O. The molecular weight excluding hydrogens is 271 g/mol. The first kappa shape index (κ1) is 14.4. The number of anilines is 1. The Labute approximate surface area is 114 Å². The summed E-state index contributed by atoms with van der Waals surface area (Å²) in [6, 6.07) is 2.04. The van der Waals surface area contributed by atoms with Crippen LogP contribution in [-0.4, -0.2) is 29.8 Å². The highest BCUT2D eigenvalue weighted by atomic mass is 19.2. The zero-order chi connectivity index (χ0) is 14.5. The third kappa shape index (κ3) is 2.93. The monoisotopic (exact) mass is 285 g/mol. The van der Waals surface area contributed by atoms with E-state index in [1.54, 1.807) is 7.11 Å². The minimum Gasteiger partial charge on any atom is -0.385 e. The zero-order valence-electron chi connectivity index (χ0n) is 10.9. The standard InChI is InChI=1S/C13H14F3N3O/c1-20-8-2-5-17-13-18-6-7-19(13)10-4-3-9(14)11(15)12(10)16/h3-4,6-7H,2,5,8H2,1H3,(H,17,18). The first-order valence-corrected chi connectivity index (χ1v) is 6.05. The Hall–Kier alpha value is -2.02. The molecule has 0 fully saturated rings. The fourth-order valence-electron chi connectivity index (χ4n) is 1.75. The number of aromatic nitrogens is 2. The summed E-state index contributed by atoms with van der Waals surface area (Å²) in [4.78, 5) is 4.01. The molecule has 1 N–H and O–H groups in total. The Morgan fingerprint density at radius 3 is 2.80 bits per heavy atom. The van der Waals surface area contributed by atoms with Gasteiger partial charge in [0.05, 0.1) is 5.69 Å². The molecule has 0 aliphatic heterocycles. The lowest BCUT2D eigenvalue weighted by molar-refractivity contribution is 0.197. The van der Waals surface area contributed by atoms with Gasteiger partial charge in [-0.05, 0) is 18.6 Å². The van der Waals surface area contributed by atoms with Gasteiger partial charge in [-0.15, -0.1) is 0 Å². The SMILES string of the molecule is COCCCNc1nccn1-c1ccc(F)c(F)c1F. The van der Waals surface area contributed by atoms with Crippen LogP contribution in [0.3, 0.4) is 0 Å². The van der Waals surface area contributed by atoms with Crippen LogP contribution in [0.1, 0.15) is 6.42 Å². The van der Waals surface area contributed by atoms with E-state index in [9.17, 15) is 13.2 Å². The minimum absolute atomic E-state index is 0.101. The van der Waals surface area contributed by atoms with Crippen LogP contribution < -0.4 is 5.32 Å². The Balaban J connectivity index is 2.22. The summed E-state index contributed by atoms with van der Waals surface area (Å²) in [5.74, 6) is -3.61. The third-order valence-corrected chi connectivity index (χ3v) is 2.72. The summed E-state index contributed by atoms with van der Waals surface area (Å²) < 4.78 is 46.1. The molecule has 1 aromatic heterocycles. The van der Waals surface area contributed by atoms with Crippen molar-refractivity contribution in [1.29, 1.82) is 0 Å². The number of nitrogens with one attached hydrogen (secondary N) is 1. The summed E-state index contributed by atoms with van der Waals surface area (Å²) >= 11 is 0. The number of benzene rings is 1. The average molecular weight is 285 g/mol. The van der Waals surface area contributed by atoms with Crippen LogP contribution in [-0.2, 0) is 4.74 Å². The van der Waals surface area contributed by atoms with E-state index >= 15 is 0 Å². The van der Waals surface area contributed by atoms with Gasteiger partial charge < -0.3 is 10.1 Å². The van der Waals surface area contributed by atoms with E-state index in [1.807, 2.05) is 0 Å². The predicted octanol–water partition coefficient (Wildman–Crippen LogP) is 2.74. The van der Waals surface area contributed by atoms with E-state index < -0.39 is 17.5 Å². The molecule has 0 aliphatic rings. The van der Waals surface area contributed by atoms with Crippen molar-refractivity contribution in [2.24, 2.45) is 0 Å². The normalized spacial score (nSPS) is 10.8. The lowest BCUT2D eigenvalue weighted by atomic mass is 10.3. The highest BCUT2D eigenvalue weighted by Crippen LogP contribution is 2.21. The Bertz CT molecular complexity index is 586. The second kappa shape index (κ2) is 6.42. The number of hydrogen-bond donors (Lipinski definition) is 1. The molecule has 0 spiro atoms. The van der Waals surface area contributed by atoms with Gasteiger partial charge in [0.15, 0.2) is 17.5 Å². The highest BCUT2D eigenvalue weighted by molar-refractivity contribution is 5.43. The van der Waals surface area contributed by atoms with Crippen LogP contribution in [0, 0.1) is 17.5 Å². The molecule has 0 aliphatic carbocycles. The smallest absolute Gasteiger partial charge is 0.207 e. The summed E-state index contributed by atoms with van der Waals surface area (Å²) in [5.41, 5.74) is -0.101. The summed E-state index contributed by atoms with van der Waals surface area (Å²) in [6.07, 6.45) is 3.65. The van der Waals surface area contributed by atoms with E-state index in [2.05, 4.69) is 10.3 Å². The molecule has 0 unspecified atom stereocenters. The fraction of sp³-hybridized carbons (Fsp3) is 0.308. The van der Waals surface area contributed by atoms with Crippen LogP contribution in [0.15, 0.2) is 24.5 Å². The molecule has 2 aromatic rings. The van der Waals surface area contributed by atoms with Crippen molar-refractivity contribution in [3.63, 3.8) is 0 Å². The van der Waals surface area contributed by atoms with Gasteiger partial charge in [0.2, 0.25) is 5.95 Å². The highest BCUT2D eigenvalue weighted by Gasteiger charge is 2.16.